The van der Waals surface area contributed by atoms with Crippen LogP contribution in [0, 0.1) is 6.92 Å². The molecule has 1 saturated heterocycles. The van der Waals surface area contributed by atoms with Crippen LogP contribution in [-0.2, 0) is 9.59 Å². The summed E-state index contributed by atoms with van der Waals surface area (Å²) >= 11 is 3.32. The second-order valence-corrected chi connectivity index (χ2v) is 8.43. The van der Waals surface area contributed by atoms with E-state index in [9.17, 15) is 14.4 Å². The van der Waals surface area contributed by atoms with Crippen LogP contribution in [0.4, 0.5) is 10.5 Å². The molecule has 1 N–H and O–H groups in total. The van der Waals surface area contributed by atoms with E-state index in [0.29, 0.717) is 30.2 Å². The standard InChI is InChI=1S/C26H21BrN2O5/c1-17-3-2-4-22(15-17)34-14-13-33-21-11-5-18(6-12-21)16-23-24(30)28-26(32)29(25(23)31)20-9-7-19(27)8-10-20/h2-12,15-16H,13-14H2,1H3,(H,28,30,32). The van der Waals surface area contributed by atoms with Gasteiger partial charge in [-0.2, -0.15) is 0 Å². The predicted molar refractivity (Wildman–Crippen MR) is 132 cm³/mol. The van der Waals surface area contributed by atoms with Gasteiger partial charge in [-0.3, -0.25) is 14.9 Å². The number of barbiturate groups is 1. The van der Waals surface area contributed by atoms with Gasteiger partial charge in [0.05, 0.1) is 5.69 Å². The lowest BCUT2D eigenvalue weighted by atomic mass is 10.1. The third kappa shape index (κ3) is 5.52. The Labute approximate surface area is 205 Å². The summed E-state index contributed by atoms with van der Waals surface area (Å²) in [5.74, 6) is -0.0144. The number of carbonyl (C=O) groups excluding carboxylic acids is 3. The van der Waals surface area contributed by atoms with E-state index < -0.39 is 17.8 Å². The number of benzene rings is 3. The molecule has 0 unspecified atom stereocenters. The summed E-state index contributed by atoms with van der Waals surface area (Å²) in [4.78, 5) is 38.5. The number of hydrogen-bond acceptors (Lipinski definition) is 5. The van der Waals surface area contributed by atoms with Gasteiger partial charge >= 0.3 is 6.03 Å². The van der Waals surface area contributed by atoms with Crippen LogP contribution in [0.3, 0.4) is 0 Å². The average molecular weight is 521 g/mol. The molecule has 0 aromatic heterocycles. The number of nitrogens with one attached hydrogen (secondary N) is 1. The Morgan fingerprint density at radius 1 is 0.882 bits per heavy atom. The summed E-state index contributed by atoms with van der Waals surface area (Å²) in [7, 11) is 0. The molecule has 1 aliphatic heterocycles. The van der Waals surface area contributed by atoms with Crippen molar-refractivity contribution in [3.8, 4) is 11.5 Å². The van der Waals surface area contributed by atoms with E-state index in [-0.39, 0.29) is 5.57 Å². The molecule has 3 aromatic carbocycles. The fraction of sp³-hybridized carbons (Fsp3) is 0.115. The molecule has 1 heterocycles. The molecule has 0 radical (unpaired) electrons. The molecule has 3 aromatic rings. The van der Waals surface area contributed by atoms with Gasteiger partial charge in [0.15, 0.2) is 0 Å². The zero-order valence-electron chi connectivity index (χ0n) is 18.3. The van der Waals surface area contributed by atoms with Crippen LogP contribution in [0.2, 0.25) is 0 Å². The Morgan fingerprint density at radius 3 is 2.24 bits per heavy atom. The van der Waals surface area contributed by atoms with Gasteiger partial charge in [0.1, 0.15) is 30.3 Å². The highest BCUT2D eigenvalue weighted by molar-refractivity contribution is 9.10. The fourth-order valence-electron chi connectivity index (χ4n) is 3.33. The summed E-state index contributed by atoms with van der Waals surface area (Å²) in [5.41, 5.74) is 1.97. The van der Waals surface area contributed by atoms with E-state index in [1.54, 1.807) is 48.5 Å². The summed E-state index contributed by atoms with van der Waals surface area (Å²) in [6, 6.07) is 20.6. The number of hydrogen-bond donors (Lipinski definition) is 1. The second-order valence-electron chi connectivity index (χ2n) is 7.52. The third-order valence-electron chi connectivity index (χ3n) is 4.99. The lowest BCUT2D eigenvalue weighted by Gasteiger charge is -2.26. The van der Waals surface area contributed by atoms with Crippen LogP contribution in [0.1, 0.15) is 11.1 Å². The topological polar surface area (TPSA) is 84.9 Å². The van der Waals surface area contributed by atoms with E-state index in [2.05, 4.69) is 21.2 Å². The van der Waals surface area contributed by atoms with E-state index in [4.69, 9.17) is 9.47 Å². The monoisotopic (exact) mass is 520 g/mol. The van der Waals surface area contributed by atoms with E-state index in [0.717, 1.165) is 20.7 Å². The highest BCUT2D eigenvalue weighted by Crippen LogP contribution is 2.24. The van der Waals surface area contributed by atoms with Gasteiger partial charge in [0, 0.05) is 4.47 Å². The molecule has 8 heteroatoms. The molecule has 0 saturated carbocycles. The number of anilines is 1. The summed E-state index contributed by atoms with van der Waals surface area (Å²) in [6.45, 7) is 2.75. The van der Waals surface area contributed by atoms with E-state index >= 15 is 0 Å². The smallest absolute Gasteiger partial charge is 0.335 e. The molecule has 4 amide bonds. The second kappa shape index (κ2) is 10.4. The van der Waals surface area contributed by atoms with E-state index in [1.807, 2.05) is 31.2 Å². The van der Waals surface area contributed by atoms with Gasteiger partial charge in [0.25, 0.3) is 11.8 Å². The molecular weight excluding hydrogens is 500 g/mol. The number of rotatable bonds is 7. The first-order valence-electron chi connectivity index (χ1n) is 10.5. The molecule has 0 aliphatic carbocycles. The first-order chi connectivity index (χ1) is 16.4. The minimum absolute atomic E-state index is 0.136. The maximum atomic E-state index is 12.9. The molecule has 1 fully saturated rings. The summed E-state index contributed by atoms with van der Waals surface area (Å²) < 4.78 is 12.2. The molecule has 4 rings (SSSR count). The Kier molecular flexibility index (Phi) is 7.08. The van der Waals surface area contributed by atoms with Crippen molar-refractivity contribution >= 4 is 45.5 Å². The first kappa shape index (κ1) is 23.3. The number of ether oxygens (including phenoxy) is 2. The largest absolute Gasteiger partial charge is 0.490 e. The summed E-state index contributed by atoms with van der Waals surface area (Å²) in [5, 5.41) is 2.21. The normalized spacial score (nSPS) is 14.8. The average Bonchev–Trinajstić information content (AvgIpc) is 2.81. The lowest BCUT2D eigenvalue weighted by molar-refractivity contribution is -0.122. The minimum Gasteiger partial charge on any atom is -0.490 e. The number of urea groups is 1. The van der Waals surface area contributed by atoms with Crippen molar-refractivity contribution in [2.45, 2.75) is 6.92 Å². The number of amides is 4. The van der Waals surface area contributed by atoms with Gasteiger partial charge in [-0.15, -0.1) is 0 Å². The van der Waals surface area contributed by atoms with Gasteiger partial charge < -0.3 is 9.47 Å². The molecule has 34 heavy (non-hydrogen) atoms. The van der Waals surface area contributed by atoms with Crippen LogP contribution < -0.4 is 19.7 Å². The zero-order valence-corrected chi connectivity index (χ0v) is 19.9. The predicted octanol–water partition coefficient (Wildman–Crippen LogP) is 4.88. The van der Waals surface area contributed by atoms with Crippen molar-refractivity contribution in [1.29, 1.82) is 0 Å². The maximum Gasteiger partial charge on any atom is 0.335 e. The first-order valence-corrected chi connectivity index (χ1v) is 11.3. The molecule has 172 valence electrons. The van der Waals surface area contributed by atoms with Gasteiger partial charge in [-0.1, -0.05) is 40.2 Å². The Hall–Kier alpha value is -3.91. The summed E-state index contributed by atoms with van der Waals surface area (Å²) in [6.07, 6.45) is 1.45. The lowest BCUT2D eigenvalue weighted by Crippen LogP contribution is -2.54. The Morgan fingerprint density at radius 2 is 1.56 bits per heavy atom. The zero-order chi connectivity index (χ0) is 24.1. The van der Waals surface area contributed by atoms with Crippen LogP contribution in [0.5, 0.6) is 11.5 Å². The Balaban J connectivity index is 1.40. The number of nitrogens with zero attached hydrogens (tertiary/aromatic N) is 1. The highest BCUT2D eigenvalue weighted by atomic mass is 79.9. The molecule has 1 aliphatic rings. The van der Waals surface area contributed by atoms with Gasteiger partial charge in [-0.25, -0.2) is 9.69 Å². The van der Waals surface area contributed by atoms with Gasteiger partial charge in [-0.05, 0) is 72.7 Å². The maximum absolute atomic E-state index is 12.9. The molecule has 7 nitrogen and oxygen atoms in total. The highest BCUT2D eigenvalue weighted by Gasteiger charge is 2.36. The Bertz CT molecular complexity index is 1250. The quantitative estimate of drug-likeness (QED) is 0.272. The number of carbonyl (C=O) groups is 3. The SMILES string of the molecule is Cc1cccc(OCCOc2ccc(C=C3C(=O)NC(=O)N(c4ccc(Br)cc4)C3=O)cc2)c1. The molecule has 0 bridgehead atoms. The van der Waals surface area contributed by atoms with Crippen molar-refractivity contribution in [2.75, 3.05) is 18.1 Å². The molecule has 0 spiro atoms. The number of halogens is 1. The number of aryl methyl sites for hydroxylation is 1. The minimum atomic E-state index is -0.786. The van der Waals surface area contributed by atoms with Crippen LogP contribution in [0.15, 0.2) is 82.8 Å². The fourth-order valence-corrected chi connectivity index (χ4v) is 3.60. The number of imide groups is 2. The van der Waals surface area contributed by atoms with Crippen molar-refractivity contribution in [1.82, 2.24) is 5.32 Å². The van der Waals surface area contributed by atoms with Crippen LogP contribution >= 0.6 is 15.9 Å². The third-order valence-corrected chi connectivity index (χ3v) is 5.52. The van der Waals surface area contributed by atoms with Crippen LogP contribution in [-0.4, -0.2) is 31.1 Å². The van der Waals surface area contributed by atoms with Crippen molar-refractivity contribution < 1.29 is 23.9 Å². The van der Waals surface area contributed by atoms with Crippen molar-refractivity contribution in [3.63, 3.8) is 0 Å². The van der Waals surface area contributed by atoms with Crippen molar-refractivity contribution in [3.05, 3.63) is 94.0 Å². The molecule has 0 atom stereocenters. The molecular formula is C26H21BrN2O5. The van der Waals surface area contributed by atoms with Gasteiger partial charge in [0.2, 0.25) is 0 Å². The van der Waals surface area contributed by atoms with E-state index in [1.165, 1.54) is 6.08 Å². The van der Waals surface area contributed by atoms with Crippen molar-refractivity contribution in [2.24, 2.45) is 0 Å². The van der Waals surface area contributed by atoms with Crippen LogP contribution in [0.25, 0.3) is 6.08 Å².